The molecule has 6 nitrogen and oxygen atoms in total. The van der Waals surface area contributed by atoms with E-state index < -0.39 is 0 Å². The van der Waals surface area contributed by atoms with E-state index in [1.807, 2.05) is 19.2 Å². The molecule has 1 aliphatic rings. The van der Waals surface area contributed by atoms with Crippen LogP contribution in [0.2, 0.25) is 0 Å². The van der Waals surface area contributed by atoms with E-state index in [0.717, 1.165) is 37.6 Å². The molecular formula is C15H25IN4O2. The molecule has 22 heavy (non-hydrogen) atoms. The number of halogens is 1. The van der Waals surface area contributed by atoms with Crippen molar-refractivity contribution in [3.8, 4) is 5.88 Å². The molecule has 0 saturated carbocycles. The second kappa shape index (κ2) is 9.83. The van der Waals surface area contributed by atoms with E-state index >= 15 is 0 Å². The average molecular weight is 420 g/mol. The van der Waals surface area contributed by atoms with Crippen molar-refractivity contribution < 1.29 is 9.47 Å². The Hall–Kier alpha value is -1.09. The van der Waals surface area contributed by atoms with Crippen LogP contribution < -0.4 is 10.1 Å². The van der Waals surface area contributed by atoms with Crippen molar-refractivity contribution in [2.75, 3.05) is 41.0 Å². The van der Waals surface area contributed by atoms with Gasteiger partial charge in [0.25, 0.3) is 0 Å². The van der Waals surface area contributed by atoms with Gasteiger partial charge in [0.05, 0.1) is 13.7 Å². The number of nitrogens with one attached hydrogen (secondary N) is 1. The van der Waals surface area contributed by atoms with Gasteiger partial charge in [-0.2, -0.15) is 0 Å². The lowest BCUT2D eigenvalue weighted by Crippen LogP contribution is -2.39. The van der Waals surface area contributed by atoms with Gasteiger partial charge < -0.3 is 19.7 Å². The maximum absolute atomic E-state index is 5.26. The number of nitrogens with zero attached hydrogens (tertiary/aromatic N) is 3. The summed E-state index contributed by atoms with van der Waals surface area (Å²) in [5.41, 5.74) is 1.02. The van der Waals surface area contributed by atoms with Gasteiger partial charge in [-0.25, -0.2) is 4.98 Å². The topological polar surface area (TPSA) is 59.0 Å². The highest BCUT2D eigenvalue weighted by Gasteiger charge is 2.24. The minimum Gasteiger partial charge on any atom is -0.481 e. The van der Waals surface area contributed by atoms with Crippen molar-refractivity contribution >= 4 is 29.9 Å². The number of rotatable bonds is 5. The van der Waals surface area contributed by atoms with Gasteiger partial charge in [0.15, 0.2) is 5.96 Å². The minimum absolute atomic E-state index is 0. The number of ether oxygens (including phenoxy) is 2. The van der Waals surface area contributed by atoms with Gasteiger partial charge in [-0.05, 0) is 12.5 Å². The fourth-order valence-corrected chi connectivity index (χ4v) is 2.65. The van der Waals surface area contributed by atoms with E-state index in [-0.39, 0.29) is 24.0 Å². The molecule has 0 bridgehead atoms. The fraction of sp³-hybridized carbons (Fsp3) is 0.600. The molecule has 1 aliphatic heterocycles. The Morgan fingerprint density at radius 3 is 3.00 bits per heavy atom. The zero-order valence-electron chi connectivity index (χ0n) is 13.4. The Morgan fingerprint density at radius 2 is 2.32 bits per heavy atom. The summed E-state index contributed by atoms with van der Waals surface area (Å²) < 4.78 is 10.5. The molecule has 7 heteroatoms. The predicted octanol–water partition coefficient (Wildman–Crippen LogP) is 1.75. The van der Waals surface area contributed by atoms with E-state index in [4.69, 9.17) is 9.47 Å². The Balaban J connectivity index is 0.00000242. The third kappa shape index (κ3) is 4.98. The first kappa shape index (κ1) is 19.0. The third-order valence-electron chi connectivity index (χ3n) is 3.68. The van der Waals surface area contributed by atoms with Crippen LogP contribution in [0.5, 0.6) is 5.88 Å². The van der Waals surface area contributed by atoms with Crippen molar-refractivity contribution in [1.82, 2.24) is 15.2 Å². The number of hydrogen-bond donors (Lipinski definition) is 1. The van der Waals surface area contributed by atoms with Crippen molar-refractivity contribution in [2.24, 2.45) is 10.9 Å². The first-order chi connectivity index (χ1) is 10.3. The van der Waals surface area contributed by atoms with Crippen LogP contribution in [0.15, 0.2) is 23.3 Å². The van der Waals surface area contributed by atoms with Crippen LogP contribution in [0.3, 0.4) is 0 Å². The van der Waals surface area contributed by atoms with E-state index in [2.05, 4.69) is 20.2 Å². The molecule has 2 rings (SSSR count). The van der Waals surface area contributed by atoms with Gasteiger partial charge in [0.1, 0.15) is 0 Å². The van der Waals surface area contributed by atoms with Crippen LogP contribution in [0.4, 0.5) is 0 Å². The van der Waals surface area contributed by atoms with Gasteiger partial charge in [-0.15, -0.1) is 24.0 Å². The van der Waals surface area contributed by atoms with E-state index in [1.165, 1.54) is 0 Å². The summed E-state index contributed by atoms with van der Waals surface area (Å²) in [6.45, 7) is 3.45. The molecule has 0 aliphatic carbocycles. The van der Waals surface area contributed by atoms with E-state index in [9.17, 15) is 0 Å². The van der Waals surface area contributed by atoms with Gasteiger partial charge in [0, 0.05) is 51.5 Å². The highest BCUT2D eigenvalue weighted by Crippen LogP contribution is 2.17. The first-order valence-corrected chi connectivity index (χ1v) is 7.21. The van der Waals surface area contributed by atoms with Crippen molar-refractivity contribution in [1.29, 1.82) is 0 Å². The summed E-state index contributed by atoms with van der Waals surface area (Å²) in [4.78, 5) is 10.8. The number of pyridine rings is 1. The monoisotopic (exact) mass is 420 g/mol. The highest BCUT2D eigenvalue weighted by molar-refractivity contribution is 14.0. The normalized spacial score (nSPS) is 18.0. The number of aromatic nitrogens is 1. The maximum Gasteiger partial charge on any atom is 0.218 e. The smallest absolute Gasteiger partial charge is 0.218 e. The second-order valence-electron chi connectivity index (χ2n) is 5.13. The molecule has 1 aromatic heterocycles. The Labute approximate surface area is 149 Å². The molecule has 0 radical (unpaired) electrons. The molecule has 0 spiro atoms. The number of methoxy groups -OCH3 is 2. The molecule has 1 fully saturated rings. The third-order valence-corrected chi connectivity index (χ3v) is 3.68. The summed E-state index contributed by atoms with van der Waals surface area (Å²) in [6.07, 6.45) is 2.87. The molecule has 0 aromatic carbocycles. The molecule has 2 heterocycles. The lowest BCUT2D eigenvalue weighted by Gasteiger charge is -2.22. The van der Waals surface area contributed by atoms with Crippen molar-refractivity contribution in [3.05, 3.63) is 23.9 Å². The summed E-state index contributed by atoms with van der Waals surface area (Å²) in [5, 5.41) is 3.38. The quantitative estimate of drug-likeness (QED) is 0.447. The largest absolute Gasteiger partial charge is 0.481 e. The Bertz CT molecular complexity index is 484. The molecule has 1 unspecified atom stereocenters. The summed E-state index contributed by atoms with van der Waals surface area (Å²) in [6, 6.07) is 3.91. The standard InChI is InChI=1S/C15H24N4O2.HI/c1-16-15(19-8-6-12(10-19)11-20-2)18-9-13-5-4-7-17-14(13)21-3;/h4-5,7,12H,6,8-11H2,1-3H3,(H,16,18);1H. The molecule has 1 atom stereocenters. The van der Waals surface area contributed by atoms with Crippen molar-refractivity contribution in [3.63, 3.8) is 0 Å². The van der Waals surface area contributed by atoms with E-state index in [1.54, 1.807) is 20.4 Å². The van der Waals surface area contributed by atoms with Crippen LogP contribution in [0.1, 0.15) is 12.0 Å². The van der Waals surface area contributed by atoms with Crippen molar-refractivity contribution in [2.45, 2.75) is 13.0 Å². The zero-order chi connectivity index (χ0) is 15.1. The molecule has 124 valence electrons. The molecule has 1 saturated heterocycles. The van der Waals surface area contributed by atoms with E-state index in [0.29, 0.717) is 18.3 Å². The van der Waals surface area contributed by atoms with Crippen LogP contribution in [0.25, 0.3) is 0 Å². The molecule has 1 N–H and O–H groups in total. The first-order valence-electron chi connectivity index (χ1n) is 7.21. The second-order valence-corrected chi connectivity index (χ2v) is 5.13. The highest BCUT2D eigenvalue weighted by atomic mass is 127. The number of guanidine groups is 1. The Morgan fingerprint density at radius 1 is 1.50 bits per heavy atom. The summed E-state index contributed by atoms with van der Waals surface area (Å²) in [5.74, 6) is 2.15. The van der Waals surface area contributed by atoms with Crippen LogP contribution in [-0.4, -0.2) is 56.8 Å². The fourth-order valence-electron chi connectivity index (χ4n) is 2.65. The minimum atomic E-state index is 0. The number of likely N-dealkylation sites (tertiary alicyclic amines) is 1. The lowest BCUT2D eigenvalue weighted by atomic mass is 10.1. The SMILES string of the molecule is CN=C(NCc1cccnc1OC)N1CCC(COC)C1.I. The van der Waals surface area contributed by atoms with Crippen LogP contribution in [0, 0.1) is 5.92 Å². The zero-order valence-corrected chi connectivity index (χ0v) is 15.7. The Kier molecular flexibility index (Phi) is 8.47. The average Bonchev–Trinajstić information content (AvgIpc) is 2.97. The molecule has 1 aromatic rings. The van der Waals surface area contributed by atoms with Gasteiger partial charge >= 0.3 is 0 Å². The van der Waals surface area contributed by atoms with Crippen LogP contribution in [-0.2, 0) is 11.3 Å². The number of aliphatic imine (C=N–C) groups is 1. The molecule has 0 amide bonds. The van der Waals surface area contributed by atoms with Gasteiger partial charge in [-0.1, -0.05) is 6.07 Å². The van der Waals surface area contributed by atoms with Crippen LogP contribution >= 0.6 is 24.0 Å². The van der Waals surface area contributed by atoms with Gasteiger partial charge in [-0.3, -0.25) is 4.99 Å². The molecular weight excluding hydrogens is 395 g/mol. The summed E-state index contributed by atoms with van der Waals surface area (Å²) >= 11 is 0. The predicted molar refractivity (Wildman–Crippen MR) is 98.0 cm³/mol. The summed E-state index contributed by atoms with van der Waals surface area (Å²) in [7, 11) is 5.20. The maximum atomic E-state index is 5.26. The number of hydrogen-bond acceptors (Lipinski definition) is 4. The van der Waals surface area contributed by atoms with Gasteiger partial charge in [0.2, 0.25) is 5.88 Å². The lowest BCUT2D eigenvalue weighted by molar-refractivity contribution is 0.157.